The van der Waals surface area contributed by atoms with Crippen LogP contribution >= 0.6 is 11.3 Å². The van der Waals surface area contributed by atoms with Gasteiger partial charge in [0.05, 0.1) is 29.0 Å². The second-order valence-electron chi connectivity index (χ2n) is 10.5. The van der Waals surface area contributed by atoms with E-state index in [4.69, 9.17) is 14.2 Å². The Labute approximate surface area is 227 Å². The Bertz CT molecular complexity index is 1550. The summed E-state index contributed by atoms with van der Waals surface area (Å²) in [5.41, 5.74) is 0.237. The molecule has 8 nitrogen and oxygen atoms in total. The number of hydrogen-bond acceptors (Lipinski definition) is 7. The van der Waals surface area contributed by atoms with E-state index >= 15 is 0 Å². The molecule has 0 radical (unpaired) electrons. The van der Waals surface area contributed by atoms with E-state index in [0.29, 0.717) is 35.6 Å². The number of amides is 1. The van der Waals surface area contributed by atoms with Crippen molar-refractivity contribution in [3.63, 3.8) is 0 Å². The molecular formula is C28H28F2N4O4S. The van der Waals surface area contributed by atoms with Crippen LogP contribution < -0.4 is 10.1 Å². The minimum absolute atomic E-state index is 0.174. The van der Waals surface area contributed by atoms with Crippen LogP contribution in [-0.4, -0.2) is 38.3 Å². The number of nitrogens with one attached hydrogen (secondary N) is 1. The van der Waals surface area contributed by atoms with Crippen molar-refractivity contribution >= 4 is 22.9 Å². The number of thiazole rings is 1. The molecule has 1 aliphatic carbocycles. The van der Waals surface area contributed by atoms with E-state index in [2.05, 4.69) is 15.3 Å². The topological polar surface area (TPSA) is 87.0 Å². The van der Waals surface area contributed by atoms with Crippen LogP contribution in [0.15, 0.2) is 42.7 Å². The number of aromatic nitrogens is 3. The molecule has 2 fully saturated rings. The number of hydrogen-bond donors (Lipinski definition) is 1. The average molecular weight is 555 g/mol. The van der Waals surface area contributed by atoms with E-state index < -0.39 is 23.0 Å². The highest BCUT2D eigenvalue weighted by molar-refractivity contribution is 7.11. The molecule has 3 aromatic heterocycles. The van der Waals surface area contributed by atoms with Crippen LogP contribution in [0.1, 0.15) is 58.3 Å². The van der Waals surface area contributed by atoms with Gasteiger partial charge in [-0.25, -0.2) is 18.7 Å². The summed E-state index contributed by atoms with van der Waals surface area (Å²) in [5, 5.41) is 4.05. The minimum atomic E-state index is -0.769. The molecule has 204 valence electrons. The van der Waals surface area contributed by atoms with E-state index in [-0.39, 0.29) is 30.3 Å². The molecule has 1 saturated carbocycles. The Morgan fingerprint density at radius 1 is 1.15 bits per heavy atom. The standard InChI is InChI=1S/C28H28F2N4O4S/c1-15-13-31-26(39-15)28(11-21-22(12-28)38-27(3,4)37-21)33-25(35)23-16(2)32-24-20(9-6-10-34(23)24)36-14-17-18(29)7-5-8-19(17)30/h5-10,13,21-22H,11-12,14H2,1-4H3,(H,33,35)/t21-,22+,28?. The molecule has 4 heterocycles. The minimum Gasteiger partial charge on any atom is -0.485 e. The van der Waals surface area contributed by atoms with Crippen molar-refractivity contribution in [3.05, 3.63) is 81.2 Å². The molecule has 1 unspecified atom stereocenters. The van der Waals surface area contributed by atoms with Gasteiger partial charge in [0, 0.05) is 30.1 Å². The fourth-order valence-electron chi connectivity index (χ4n) is 5.57. The molecule has 1 N–H and O–H groups in total. The Morgan fingerprint density at radius 2 is 1.85 bits per heavy atom. The first-order chi connectivity index (χ1) is 18.6. The smallest absolute Gasteiger partial charge is 0.270 e. The van der Waals surface area contributed by atoms with Gasteiger partial charge in [0.2, 0.25) is 0 Å². The molecule has 39 heavy (non-hydrogen) atoms. The van der Waals surface area contributed by atoms with Gasteiger partial charge >= 0.3 is 0 Å². The zero-order valence-electron chi connectivity index (χ0n) is 22.0. The van der Waals surface area contributed by atoms with Crippen LogP contribution in [0, 0.1) is 25.5 Å². The maximum Gasteiger partial charge on any atom is 0.270 e. The number of carbonyl (C=O) groups excluding carboxylic acids is 1. The predicted molar refractivity (Wildman–Crippen MR) is 140 cm³/mol. The highest BCUT2D eigenvalue weighted by Gasteiger charge is 2.56. The zero-order valence-corrected chi connectivity index (χ0v) is 22.8. The summed E-state index contributed by atoms with van der Waals surface area (Å²) >= 11 is 1.54. The van der Waals surface area contributed by atoms with Crippen molar-refractivity contribution in [1.29, 1.82) is 0 Å². The third-order valence-electron chi connectivity index (χ3n) is 7.21. The third kappa shape index (κ3) is 4.58. The van der Waals surface area contributed by atoms with E-state index in [1.165, 1.54) is 29.5 Å². The first-order valence-electron chi connectivity index (χ1n) is 12.7. The number of fused-ring (bicyclic) bond motifs is 2. The van der Waals surface area contributed by atoms with Crippen LogP contribution in [0.2, 0.25) is 0 Å². The number of ether oxygens (including phenoxy) is 3. The van der Waals surface area contributed by atoms with Gasteiger partial charge in [-0.1, -0.05) is 6.07 Å². The Morgan fingerprint density at radius 3 is 2.49 bits per heavy atom. The molecule has 4 aromatic rings. The summed E-state index contributed by atoms with van der Waals surface area (Å²) in [6.07, 6.45) is 4.21. The Kier molecular flexibility index (Phi) is 6.20. The van der Waals surface area contributed by atoms with Crippen molar-refractivity contribution in [2.75, 3.05) is 0 Å². The van der Waals surface area contributed by atoms with Crippen LogP contribution in [0.3, 0.4) is 0 Å². The summed E-state index contributed by atoms with van der Waals surface area (Å²) in [6, 6.07) is 7.00. The molecule has 1 saturated heterocycles. The van der Waals surface area contributed by atoms with Gasteiger partial charge < -0.3 is 19.5 Å². The Hall–Kier alpha value is -3.41. The van der Waals surface area contributed by atoms with E-state index in [1.807, 2.05) is 20.8 Å². The first kappa shape index (κ1) is 25.8. The second kappa shape index (κ2) is 9.35. The van der Waals surface area contributed by atoms with Gasteiger partial charge in [0.15, 0.2) is 17.2 Å². The lowest BCUT2D eigenvalue weighted by Gasteiger charge is -2.31. The van der Waals surface area contributed by atoms with Crippen LogP contribution in [0.25, 0.3) is 5.65 Å². The lowest BCUT2D eigenvalue weighted by atomic mass is 9.97. The summed E-state index contributed by atoms with van der Waals surface area (Å²) in [6.45, 7) is 7.17. The number of aryl methyl sites for hydroxylation is 2. The average Bonchev–Trinajstić information content (AvgIpc) is 3.59. The fraction of sp³-hybridized carbons (Fsp3) is 0.393. The van der Waals surface area contributed by atoms with Crippen molar-refractivity contribution in [2.24, 2.45) is 0 Å². The maximum absolute atomic E-state index is 14.1. The van der Waals surface area contributed by atoms with Crippen molar-refractivity contribution in [3.8, 4) is 5.75 Å². The molecule has 11 heteroatoms. The number of halogens is 2. The van der Waals surface area contributed by atoms with Gasteiger partial charge in [-0.2, -0.15) is 0 Å². The highest BCUT2D eigenvalue weighted by atomic mass is 32.1. The van der Waals surface area contributed by atoms with Crippen molar-refractivity contribution < 1.29 is 27.8 Å². The molecule has 6 rings (SSSR count). The predicted octanol–water partition coefficient (Wildman–Crippen LogP) is 5.20. The number of benzene rings is 1. The molecule has 1 aromatic carbocycles. The lowest BCUT2D eigenvalue weighted by Crippen LogP contribution is -2.46. The van der Waals surface area contributed by atoms with Gasteiger partial charge in [-0.3, -0.25) is 9.20 Å². The summed E-state index contributed by atoms with van der Waals surface area (Å²) in [5.74, 6) is -2.09. The highest BCUT2D eigenvalue weighted by Crippen LogP contribution is 2.48. The summed E-state index contributed by atoms with van der Waals surface area (Å²) in [7, 11) is 0. The quantitative estimate of drug-likeness (QED) is 0.353. The molecule has 1 amide bonds. The van der Waals surface area contributed by atoms with E-state index in [1.54, 1.807) is 35.9 Å². The molecule has 2 aliphatic rings. The number of carbonyl (C=O) groups is 1. The second-order valence-corrected chi connectivity index (χ2v) is 11.8. The number of imidazole rings is 1. The van der Waals surface area contributed by atoms with Gasteiger partial charge in [-0.15, -0.1) is 11.3 Å². The van der Waals surface area contributed by atoms with Crippen LogP contribution in [0.5, 0.6) is 5.75 Å². The fourth-order valence-corrected chi connectivity index (χ4v) is 6.50. The van der Waals surface area contributed by atoms with Gasteiger partial charge in [-0.05, 0) is 52.0 Å². The molecule has 1 aliphatic heterocycles. The van der Waals surface area contributed by atoms with E-state index in [0.717, 1.165) is 9.88 Å². The molecule has 0 bridgehead atoms. The van der Waals surface area contributed by atoms with Crippen LogP contribution in [-0.2, 0) is 21.6 Å². The van der Waals surface area contributed by atoms with Gasteiger partial charge in [0.25, 0.3) is 5.91 Å². The van der Waals surface area contributed by atoms with Crippen LogP contribution in [0.4, 0.5) is 8.78 Å². The third-order valence-corrected chi connectivity index (χ3v) is 8.32. The monoisotopic (exact) mass is 554 g/mol. The van der Waals surface area contributed by atoms with E-state index in [9.17, 15) is 13.6 Å². The zero-order chi connectivity index (χ0) is 27.5. The normalized spacial score (nSPS) is 23.7. The largest absolute Gasteiger partial charge is 0.485 e. The molecule has 3 atom stereocenters. The molecular weight excluding hydrogens is 526 g/mol. The van der Waals surface area contributed by atoms with Crippen molar-refractivity contribution in [2.45, 2.75) is 70.7 Å². The van der Waals surface area contributed by atoms with Crippen molar-refractivity contribution in [1.82, 2.24) is 19.7 Å². The summed E-state index contributed by atoms with van der Waals surface area (Å²) < 4.78 is 47.9. The number of rotatable bonds is 6. The first-order valence-corrected chi connectivity index (χ1v) is 13.5. The number of pyridine rings is 1. The summed E-state index contributed by atoms with van der Waals surface area (Å²) in [4.78, 5) is 24.1. The lowest BCUT2D eigenvalue weighted by molar-refractivity contribution is -0.155. The molecule has 0 spiro atoms. The SMILES string of the molecule is Cc1cnc(C2(NC(=O)c3c(C)nc4c(OCc5c(F)cccc5F)cccn34)C[C@@H]3OC(C)(C)O[C@@H]3C2)s1. The number of nitrogens with zero attached hydrogens (tertiary/aromatic N) is 3. The Balaban J connectivity index is 1.31. The maximum atomic E-state index is 14.1. The van der Waals surface area contributed by atoms with Gasteiger partial charge in [0.1, 0.15) is 28.9 Å².